The van der Waals surface area contributed by atoms with Gasteiger partial charge >= 0.3 is 6.61 Å². The monoisotopic (exact) mass is 549 g/mol. The average molecular weight is 550 g/mol. The molecule has 200 valence electrons. The van der Waals surface area contributed by atoms with E-state index in [0.29, 0.717) is 25.2 Å². The number of anilines is 1. The van der Waals surface area contributed by atoms with Gasteiger partial charge < -0.3 is 14.5 Å². The van der Waals surface area contributed by atoms with Crippen LogP contribution in [0.5, 0.6) is 5.75 Å². The number of hydrogen-bond donors (Lipinski definition) is 0. The highest BCUT2D eigenvalue weighted by Gasteiger charge is 2.29. The number of rotatable bonds is 6. The Hall–Kier alpha value is -4.29. The number of hydrogen-bond acceptors (Lipinski definition) is 6. The second-order valence-corrected chi connectivity index (χ2v) is 9.19. The molecule has 4 aromatic rings. The van der Waals surface area contributed by atoms with E-state index in [2.05, 4.69) is 32.8 Å². The summed E-state index contributed by atoms with van der Waals surface area (Å²) in [5, 5.41) is 20.2. The third kappa shape index (κ3) is 6.07. The van der Waals surface area contributed by atoms with Gasteiger partial charge in [-0.1, -0.05) is 48.5 Å². The number of amides is 1. The maximum Gasteiger partial charge on any atom is 0.387 e. The second kappa shape index (κ2) is 12.0. The molecule has 1 amide bonds. The average Bonchev–Trinajstić information content (AvgIpc) is 2.93. The molecule has 10 heteroatoms. The molecular weight excluding hydrogens is 524 g/mol. The van der Waals surface area contributed by atoms with Gasteiger partial charge in [-0.25, -0.2) is 0 Å². The van der Waals surface area contributed by atoms with E-state index >= 15 is 0 Å². The summed E-state index contributed by atoms with van der Waals surface area (Å²) in [7, 11) is 0. The van der Waals surface area contributed by atoms with Crippen LogP contribution in [0.25, 0.3) is 22.0 Å². The first-order valence-electron chi connectivity index (χ1n) is 12.3. The predicted octanol–water partition coefficient (Wildman–Crippen LogP) is 5.47. The van der Waals surface area contributed by atoms with Gasteiger partial charge in [0.2, 0.25) is 5.91 Å². The van der Waals surface area contributed by atoms with Crippen LogP contribution in [0.3, 0.4) is 0 Å². The van der Waals surface area contributed by atoms with Crippen LogP contribution in [0.4, 0.5) is 14.6 Å². The highest BCUT2D eigenvalue weighted by Crippen LogP contribution is 2.33. The lowest BCUT2D eigenvalue weighted by atomic mass is 10.0. The van der Waals surface area contributed by atoms with E-state index in [1.807, 2.05) is 41.3 Å². The van der Waals surface area contributed by atoms with Gasteiger partial charge in [-0.2, -0.15) is 14.0 Å². The third-order valence-corrected chi connectivity index (χ3v) is 6.71. The predicted molar refractivity (Wildman–Crippen MR) is 147 cm³/mol. The van der Waals surface area contributed by atoms with Gasteiger partial charge in [0.1, 0.15) is 11.4 Å². The minimum Gasteiger partial charge on any atom is -0.435 e. The zero-order valence-corrected chi connectivity index (χ0v) is 21.9. The molecule has 5 rings (SSSR count). The molecular formula is C29H26ClF2N5O2. The number of benzene rings is 3. The van der Waals surface area contributed by atoms with Gasteiger partial charge in [-0.3, -0.25) is 4.79 Å². The highest BCUT2D eigenvalue weighted by atomic mass is 35.5. The molecule has 0 N–H and O–H groups in total. The van der Waals surface area contributed by atoms with Crippen molar-refractivity contribution in [1.82, 2.24) is 15.1 Å². The van der Waals surface area contributed by atoms with E-state index in [0.717, 1.165) is 33.4 Å². The van der Waals surface area contributed by atoms with Crippen LogP contribution in [0.1, 0.15) is 18.1 Å². The van der Waals surface area contributed by atoms with Crippen molar-refractivity contribution in [3.63, 3.8) is 0 Å². The minimum atomic E-state index is -2.88. The van der Waals surface area contributed by atoms with Crippen molar-refractivity contribution in [2.24, 2.45) is 0 Å². The van der Waals surface area contributed by atoms with Crippen molar-refractivity contribution >= 4 is 34.9 Å². The summed E-state index contributed by atoms with van der Waals surface area (Å²) in [6.07, 6.45) is 0.184. The Morgan fingerprint density at radius 2 is 1.72 bits per heavy atom. The van der Waals surface area contributed by atoms with Crippen LogP contribution in [0, 0.1) is 11.3 Å². The van der Waals surface area contributed by atoms with Crippen molar-refractivity contribution in [3.8, 4) is 23.1 Å². The first-order chi connectivity index (χ1) is 18.4. The Morgan fingerprint density at radius 3 is 2.36 bits per heavy atom. The molecule has 1 aliphatic heterocycles. The zero-order chi connectivity index (χ0) is 26.6. The molecule has 0 bridgehead atoms. The normalized spacial score (nSPS) is 15.1. The molecule has 0 aliphatic carbocycles. The van der Waals surface area contributed by atoms with Crippen LogP contribution in [0.15, 0.2) is 72.8 Å². The molecule has 0 radical (unpaired) electrons. The smallest absolute Gasteiger partial charge is 0.387 e. The fourth-order valence-electron chi connectivity index (χ4n) is 4.79. The molecule has 3 aromatic carbocycles. The fourth-order valence-corrected chi connectivity index (χ4v) is 4.79. The lowest BCUT2D eigenvalue weighted by molar-refractivity contribution is -0.131. The number of piperazine rings is 1. The van der Waals surface area contributed by atoms with Gasteiger partial charge in [0.15, 0.2) is 5.82 Å². The first kappa shape index (κ1) is 27.7. The molecule has 1 saturated heterocycles. The number of alkyl halides is 2. The van der Waals surface area contributed by atoms with Crippen LogP contribution in [-0.2, 0) is 11.2 Å². The maximum atomic E-state index is 13.0. The molecule has 2 heterocycles. The van der Waals surface area contributed by atoms with Crippen LogP contribution < -0.4 is 9.64 Å². The van der Waals surface area contributed by atoms with Gasteiger partial charge in [0, 0.05) is 42.0 Å². The number of carbonyl (C=O) groups is 1. The summed E-state index contributed by atoms with van der Waals surface area (Å²) in [6, 6.07) is 23.6. The van der Waals surface area contributed by atoms with E-state index in [9.17, 15) is 13.6 Å². The van der Waals surface area contributed by atoms with Crippen molar-refractivity contribution in [1.29, 1.82) is 5.26 Å². The Labute approximate surface area is 231 Å². The minimum absolute atomic E-state index is 0. The number of ether oxygens (including phenoxy) is 1. The number of carbonyl (C=O) groups excluding carboxylic acids is 1. The lowest BCUT2D eigenvalue weighted by Gasteiger charge is -2.40. The standard InChI is InChI=1S/C29H25F2N5O2.ClH/c1-19-18-35(26(37)16-20-8-12-23(13-9-20)38-29(30)31)14-15-36(19)28-25-5-3-2-4-24(25)27(33-34-28)22-10-6-21(17-32)7-11-22;/h2-13,19,29H,14-16,18H2,1H3;1H/t19-;/m0./s1. The van der Waals surface area contributed by atoms with Crippen molar-refractivity contribution in [3.05, 3.63) is 83.9 Å². The number of nitrogens with zero attached hydrogens (tertiary/aromatic N) is 5. The van der Waals surface area contributed by atoms with Gasteiger partial charge in [0.25, 0.3) is 0 Å². The Balaban J connectivity index is 0.00000353. The van der Waals surface area contributed by atoms with Crippen molar-refractivity contribution in [2.45, 2.75) is 26.0 Å². The topological polar surface area (TPSA) is 82.3 Å². The SMILES string of the molecule is C[C@H]1CN(C(=O)Cc2ccc(OC(F)F)cc2)CCN1c1nnc(-c2ccc(C#N)cc2)c2ccccc12.Cl. The number of nitriles is 1. The Morgan fingerprint density at radius 1 is 1.03 bits per heavy atom. The molecule has 1 aliphatic rings. The van der Waals surface area contributed by atoms with Crippen LogP contribution in [0.2, 0.25) is 0 Å². The quantitative estimate of drug-likeness (QED) is 0.317. The van der Waals surface area contributed by atoms with Crippen molar-refractivity contribution in [2.75, 3.05) is 24.5 Å². The molecule has 39 heavy (non-hydrogen) atoms. The molecule has 1 atom stereocenters. The van der Waals surface area contributed by atoms with E-state index in [1.54, 1.807) is 24.3 Å². The number of halogens is 3. The Bertz CT molecular complexity index is 1490. The zero-order valence-electron chi connectivity index (χ0n) is 21.1. The van der Waals surface area contributed by atoms with E-state index in [1.165, 1.54) is 12.1 Å². The summed E-state index contributed by atoms with van der Waals surface area (Å²) in [5.41, 5.74) is 2.96. The summed E-state index contributed by atoms with van der Waals surface area (Å²) in [6.45, 7) is 0.834. The molecule has 0 unspecified atom stereocenters. The van der Waals surface area contributed by atoms with E-state index in [4.69, 9.17) is 5.26 Å². The largest absolute Gasteiger partial charge is 0.435 e. The summed E-state index contributed by atoms with van der Waals surface area (Å²) in [4.78, 5) is 17.0. The van der Waals surface area contributed by atoms with E-state index in [-0.39, 0.29) is 36.5 Å². The van der Waals surface area contributed by atoms with E-state index < -0.39 is 6.61 Å². The maximum absolute atomic E-state index is 13.0. The van der Waals surface area contributed by atoms with Crippen LogP contribution in [-0.4, -0.2) is 53.3 Å². The van der Waals surface area contributed by atoms with Crippen molar-refractivity contribution < 1.29 is 18.3 Å². The van der Waals surface area contributed by atoms with Gasteiger partial charge in [-0.15, -0.1) is 22.6 Å². The first-order valence-corrected chi connectivity index (χ1v) is 12.3. The molecule has 1 aromatic heterocycles. The van der Waals surface area contributed by atoms with Gasteiger partial charge in [0.05, 0.1) is 18.1 Å². The number of fused-ring (bicyclic) bond motifs is 1. The summed E-state index contributed by atoms with van der Waals surface area (Å²) >= 11 is 0. The summed E-state index contributed by atoms with van der Waals surface area (Å²) in [5.74, 6) is 0.815. The third-order valence-electron chi connectivity index (χ3n) is 6.71. The highest BCUT2D eigenvalue weighted by molar-refractivity contribution is 6.00. The molecule has 1 fully saturated rings. The second-order valence-electron chi connectivity index (χ2n) is 9.19. The molecule has 0 spiro atoms. The number of aromatic nitrogens is 2. The molecule has 0 saturated carbocycles. The lowest BCUT2D eigenvalue weighted by Crippen LogP contribution is -2.54. The van der Waals surface area contributed by atoms with Crippen LogP contribution >= 0.6 is 12.4 Å². The fraction of sp³-hybridized carbons (Fsp3) is 0.241. The Kier molecular flexibility index (Phi) is 8.57. The van der Waals surface area contributed by atoms with Gasteiger partial charge in [-0.05, 0) is 36.8 Å². The molecule has 7 nitrogen and oxygen atoms in total. The summed E-state index contributed by atoms with van der Waals surface area (Å²) < 4.78 is 29.1.